The van der Waals surface area contributed by atoms with E-state index in [1.54, 1.807) is 6.08 Å². The lowest BCUT2D eigenvalue weighted by Gasteiger charge is -2.33. The summed E-state index contributed by atoms with van der Waals surface area (Å²) >= 11 is 1.49. The summed E-state index contributed by atoms with van der Waals surface area (Å²) in [6.07, 6.45) is 6.04. The number of nitrogens with two attached hydrogens (primary N) is 1. The number of carbonyl (C=O) groups is 2. The van der Waals surface area contributed by atoms with Crippen molar-refractivity contribution in [2.45, 2.75) is 40.0 Å². The number of carbonyl (C=O) groups excluding carboxylic acids is 2. The first-order chi connectivity index (χ1) is 12.8. The summed E-state index contributed by atoms with van der Waals surface area (Å²) in [6, 6.07) is 9.62. The number of rotatable bonds is 4. The van der Waals surface area contributed by atoms with Crippen LogP contribution in [0.1, 0.15) is 53.6 Å². The zero-order valence-electron chi connectivity index (χ0n) is 16.0. The Balaban J connectivity index is 1.82. The van der Waals surface area contributed by atoms with Crippen molar-refractivity contribution in [1.29, 1.82) is 0 Å². The minimum Gasteiger partial charge on any atom is -0.365 e. The van der Waals surface area contributed by atoms with Gasteiger partial charge in [-0.1, -0.05) is 51.1 Å². The highest BCUT2D eigenvalue weighted by molar-refractivity contribution is 7.17. The number of fused-ring (bicyclic) bond motifs is 1. The van der Waals surface area contributed by atoms with E-state index in [4.69, 9.17) is 5.73 Å². The molecule has 2 amide bonds. The molecule has 0 radical (unpaired) electrons. The minimum atomic E-state index is -0.468. The Morgan fingerprint density at radius 2 is 1.93 bits per heavy atom. The summed E-state index contributed by atoms with van der Waals surface area (Å²) in [5.74, 6) is -0.165. The van der Waals surface area contributed by atoms with E-state index < -0.39 is 5.91 Å². The zero-order valence-corrected chi connectivity index (χ0v) is 16.9. The smallest absolute Gasteiger partial charge is 0.251 e. The van der Waals surface area contributed by atoms with Crippen molar-refractivity contribution in [2.24, 2.45) is 17.1 Å². The summed E-state index contributed by atoms with van der Waals surface area (Å²) in [6.45, 7) is 6.76. The number of nitrogens with one attached hydrogen (secondary N) is 1. The normalized spacial score (nSPS) is 16.9. The predicted molar refractivity (Wildman–Crippen MR) is 112 cm³/mol. The summed E-state index contributed by atoms with van der Waals surface area (Å²) in [4.78, 5) is 25.6. The molecule has 5 heteroatoms. The van der Waals surface area contributed by atoms with Crippen LogP contribution in [0.2, 0.25) is 0 Å². The van der Waals surface area contributed by atoms with Crippen LogP contribution in [0.5, 0.6) is 0 Å². The van der Waals surface area contributed by atoms with Crippen LogP contribution in [0.3, 0.4) is 0 Å². The average molecular weight is 383 g/mol. The largest absolute Gasteiger partial charge is 0.365 e. The highest BCUT2D eigenvalue weighted by atomic mass is 32.1. The van der Waals surface area contributed by atoms with E-state index in [0.29, 0.717) is 16.5 Å². The molecular formula is C22H26N2O2S. The Hall–Kier alpha value is -2.40. The van der Waals surface area contributed by atoms with E-state index in [1.807, 2.05) is 30.3 Å². The van der Waals surface area contributed by atoms with Crippen LogP contribution in [0.15, 0.2) is 36.4 Å². The van der Waals surface area contributed by atoms with Gasteiger partial charge in [0.25, 0.3) is 5.91 Å². The van der Waals surface area contributed by atoms with Crippen LogP contribution >= 0.6 is 11.3 Å². The van der Waals surface area contributed by atoms with Gasteiger partial charge in [-0.3, -0.25) is 9.59 Å². The fourth-order valence-corrected chi connectivity index (χ4v) is 4.90. The third-order valence-corrected chi connectivity index (χ3v) is 6.37. The van der Waals surface area contributed by atoms with Gasteiger partial charge in [0, 0.05) is 11.0 Å². The molecule has 3 N–H and O–H groups in total. The van der Waals surface area contributed by atoms with E-state index >= 15 is 0 Å². The predicted octanol–water partition coefficient (Wildman–Crippen LogP) is 4.65. The van der Waals surface area contributed by atoms with Crippen molar-refractivity contribution in [3.63, 3.8) is 0 Å². The quantitative estimate of drug-likeness (QED) is 0.756. The molecule has 0 aliphatic heterocycles. The Bertz CT molecular complexity index is 876. The van der Waals surface area contributed by atoms with Gasteiger partial charge in [0.05, 0.1) is 5.56 Å². The van der Waals surface area contributed by atoms with E-state index in [-0.39, 0.29) is 11.3 Å². The van der Waals surface area contributed by atoms with Crippen molar-refractivity contribution < 1.29 is 9.59 Å². The van der Waals surface area contributed by atoms with E-state index in [0.717, 1.165) is 30.4 Å². The van der Waals surface area contributed by atoms with Gasteiger partial charge in [-0.2, -0.15) is 0 Å². The van der Waals surface area contributed by atoms with Gasteiger partial charge in [-0.05, 0) is 47.8 Å². The second kappa shape index (κ2) is 7.69. The molecule has 142 valence electrons. The molecule has 1 aromatic carbocycles. The lowest BCUT2D eigenvalue weighted by Crippen LogP contribution is -2.27. The lowest BCUT2D eigenvalue weighted by molar-refractivity contribution is -0.111. The van der Waals surface area contributed by atoms with Crippen molar-refractivity contribution in [2.75, 3.05) is 5.32 Å². The highest BCUT2D eigenvalue weighted by Gasteiger charge is 2.33. The maximum absolute atomic E-state index is 12.4. The van der Waals surface area contributed by atoms with Crippen LogP contribution in [0.4, 0.5) is 5.00 Å². The monoisotopic (exact) mass is 382 g/mol. The van der Waals surface area contributed by atoms with E-state index in [1.165, 1.54) is 22.3 Å². The van der Waals surface area contributed by atoms with Crippen molar-refractivity contribution >= 4 is 34.2 Å². The van der Waals surface area contributed by atoms with Crippen LogP contribution in [-0.2, 0) is 17.6 Å². The molecular weight excluding hydrogens is 356 g/mol. The van der Waals surface area contributed by atoms with Crippen molar-refractivity contribution in [3.05, 3.63) is 58.0 Å². The number of primary amides is 1. The SMILES string of the molecule is CC(C)(C)[C@@H]1CCc2c(sc(NC(=O)/C=C\c3ccccc3)c2C(N)=O)C1. The Labute approximate surface area is 164 Å². The second-order valence-corrected chi connectivity index (χ2v) is 9.22. The molecule has 27 heavy (non-hydrogen) atoms. The van der Waals surface area contributed by atoms with Gasteiger partial charge < -0.3 is 11.1 Å². The maximum atomic E-state index is 12.4. The van der Waals surface area contributed by atoms with Crippen LogP contribution in [0.25, 0.3) is 6.08 Å². The third-order valence-electron chi connectivity index (χ3n) is 5.20. The molecule has 1 aromatic heterocycles. The molecule has 1 aliphatic rings. The first-order valence-corrected chi connectivity index (χ1v) is 10.1. The van der Waals surface area contributed by atoms with Gasteiger partial charge >= 0.3 is 0 Å². The summed E-state index contributed by atoms with van der Waals surface area (Å²) in [5, 5.41) is 3.44. The first kappa shape index (κ1) is 19.4. The molecule has 1 heterocycles. The molecule has 0 spiro atoms. The Morgan fingerprint density at radius 1 is 1.22 bits per heavy atom. The number of anilines is 1. The Kier molecular flexibility index (Phi) is 5.51. The molecule has 1 aliphatic carbocycles. The second-order valence-electron chi connectivity index (χ2n) is 8.11. The molecule has 0 fully saturated rings. The maximum Gasteiger partial charge on any atom is 0.251 e. The van der Waals surface area contributed by atoms with Crippen molar-refractivity contribution in [1.82, 2.24) is 0 Å². The number of benzene rings is 1. The third kappa shape index (κ3) is 4.48. The van der Waals surface area contributed by atoms with Gasteiger partial charge in [0.2, 0.25) is 5.91 Å². The molecule has 0 unspecified atom stereocenters. The number of amides is 2. The molecule has 3 rings (SSSR count). The fourth-order valence-electron chi connectivity index (χ4n) is 3.56. The lowest BCUT2D eigenvalue weighted by atomic mass is 9.72. The standard InChI is InChI=1S/C22H26N2O2S/c1-22(2,3)15-10-11-16-17(13-15)27-21(19(16)20(23)26)24-18(25)12-9-14-7-5-4-6-8-14/h4-9,12,15H,10-11,13H2,1-3H3,(H2,23,26)(H,24,25)/b12-9-/t15-/m1/s1. The van der Waals surface area contributed by atoms with Gasteiger partial charge in [-0.25, -0.2) is 0 Å². The molecule has 0 saturated carbocycles. The zero-order chi connectivity index (χ0) is 19.6. The van der Waals surface area contributed by atoms with Crippen LogP contribution in [-0.4, -0.2) is 11.8 Å². The van der Waals surface area contributed by atoms with Crippen LogP contribution < -0.4 is 11.1 Å². The molecule has 1 atom stereocenters. The summed E-state index contributed by atoms with van der Waals surface area (Å²) < 4.78 is 0. The van der Waals surface area contributed by atoms with E-state index in [9.17, 15) is 9.59 Å². The number of thiophene rings is 1. The number of hydrogen-bond donors (Lipinski definition) is 2. The minimum absolute atomic E-state index is 0.219. The van der Waals surface area contributed by atoms with Crippen molar-refractivity contribution in [3.8, 4) is 0 Å². The molecule has 4 nitrogen and oxygen atoms in total. The van der Waals surface area contributed by atoms with Gasteiger partial charge in [0.1, 0.15) is 5.00 Å². The molecule has 0 bridgehead atoms. The van der Waals surface area contributed by atoms with Gasteiger partial charge in [-0.15, -0.1) is 11.3 Å². The average Bonchev–Trinajstić information content (AvgIpc) is 2.97. The highest BCUT2D eigenvalue weighted by Crippen LogP contribution is 2.44. The molecule has 2 aromatic rings. The summed E-state index contributed by atoms with van der Waals surface area (Å²) in [7, 11) is 0. The summed E-state index contributed by atoms with van der Waals surface area (Å²) in [5.41, 5.74) is 8.32. The number of hydrogen-bond acceptors (Lipinski definition) is 3. The molecule has 0 saturated heterocycles. The first-order valence-electron chi connectivity index (χ1n) is 9.24. The Morgan fingerprint density at radius 3 is 2.56 bits per heavy atom. The topological polar surface area (TPSA) is 72.2 Å². The van der Waals surface area contributed by atoms with Gasteiger partial charge in [0.15, 0.2) is 0 Å². The van der Waals surface area contributed by atoms with Crippen LogP contribution in [0, 0.1) is 11.3 Å². The fraction of sp³-hybridized carbons (Fsp3) is 0.364. The van der Waals surface area contributed by atoms with E-state index in [2.05, 4.69) is 26.1 Å².